The third-order valence-corrected chi connectivity index (χ3v) is 5.43. The third-order valence-electron chi connectivity index (χ3n) is 5.43. The van der Waals surface area contributed by atoms with Gasteiger partial charge in [0.1, 0.15) is 11.6 Å². The van der Waals surface area contributed by atoms with Crippen molar-refractivity contribution >= 4 is 5.96 Å². The van der Waals surface area contributed by atoms with Crippen LogP contribution in [0.5, 0.6) is 5.75 Å². The second kappa shape index (κ2) is 10.3. The molecule has 1 aliphatic heterocycles. The van der Waals surface area contributed by atoms with Crippen LogP contribution in [-0.4, -0.2) is 39.4 Å². The van der Waals surface area contributed by atoms with E-state index in [-0.39, 0.29) is 11.2 Å². The maximum absolute atomic E-state index is 13.9. The lowest BCUT2D eigenvalue weighted by Gasteiger charge is -2.38. The molecule has 0 aliphatic carbocycles. The van der Waals surface area contributed by atoms with Crippen molar-refractivity contribution in [1.29, 1.82) is 0 Å². The molecule has 29 heavy (non-hydrogen) atoms. The first kappa shape index (κ1) is 21.1. The lowest BCUT2D eigenvalue weighted by Crippen LogP contribution is -2.48. The lowest BCUT2D eigenvalue weighted by atomic mass is 9.74. The number of hydrogen-bond acceptors (Lipinski definition) is 3. The quantitative estimate of drug-likeness (QED) is 0.551. The molecule has 0 saturated carbocycles. The van der Waals surface area contributed by atoms with Gasteiger partial charge in [-0.1, -0.05) is 30.3 Å². The predicted octanol–water partition coefficient (Wildman–Crippen LogP) is 3.64. The average molecular weight is 400 g/mol. The number of benzene rings is 2. The van der Waals surface area contributed by atoms with E-state index in [2.05, 4.69) is 10.6 Å². The first-order chi connectivity index (χ1) is 14.2. The monoisotopic (exact) mass is 399 g/mol. The zero-order chi connectivity index (χ0) is 20.5. The minimum Gasteiger partial charge on any atom is -0.496 e. The van der Waals surface area contributed by atoms with Gasteiger partial charge in [-0.25, -0.2) is 9.38 Å². The third kappa shape index (κ3) is 5.48. The lowest BCUT2D eigenvalue weighted by molar-refractivity contribution is 0.0513. The minimum absolute atomic E-state index is 0.180. The van der Waals surface area contributed by atoms with E-state index in [1.807, 2.05) is 37.3 Å². The Bertz CT molecular complexity index is 819. The summed E-state index contributed by atoms with van der Waals surface area (Å²) in [6.45, 7) is 5.32. The Morgan fingerprint density at radius 1 is 1.14 bits per heavy atom. The van der Waals surface area contributed by atoms with E-state index in [4.69, 9.17) is 14.5 Å². The van der Waals surface area contributed by atoms with Crippen LogP contribution in [0.15, 0.2) is 53.5 Å². The fraction of sp³-hybridized carbons (Fsp3) is 0.435. The molecule has 5 nitrogen and oxygen atoms in total. The van der Waals surface area contributed by atoms with Gasteiger partial charge >= 0.3 is 0 Å². The van der Waals surface area contributed by atoms with E-state index in [0.717, 1.165) is 42.2 Å². The van der Waals surface area contributed by atoms with Crippen molar-refractivity contribution < 1.29 is 13.9 Å². The van der Waals surface area contributed by atoms with E-state index < -0.39 is 0 Å². The second-order valence-corrected chi connectivity index (χ2v) is 7.26. The molecule has 2 aromatic rings. The maximum Gasteiger partial charge on any atom is 0.191 e. The van der Waals surface area contributed by atoms with Crippen molar-refractivity contribution in [2.75, 3.05) is 33.4 Å². The number of methoxy groups -OCH3 is 1. The molecule has 1 aliphatic rings. The van der Waals surface area contributed by atoms with Gasteiger partial charge in [-0.2, -0.15) is 0 Å². The van der Waals surface area contributed by atoms with Crippen LogP contribution in [0.4, 0.5) is 4.39 Å². The normalized spacial score (nSPS) is 16.3. The smallest absolute Gasteiger partial charge is 0.191 e. The maximum atomic E-state index is 13.9. The standard InChI is InChI=1S/C23H30FN3O2/c1-3-25-22(26-16-18-7-4-5-10-21(18)28-2)27-17-23(11-13-29-14-12-23)19-8-6-9-20(24)15-19/h4-10,15H,3,11-14,16-17H2,1-2H3,(H2,25,26,27). The topological polar surface area (TPSA) is 54.9 Å². The number of nitrogens with zero attached hydrogens (tertiary/aromatic N) is 1. The number of aliphatic imine (C=N–C) groups is 1. The van der Waals surface area contributed by atoms with Gasteiger partial charge in [0.15, 0.2) is 5.96 Å². The van der Waals surface area contributed by atoms with Crippen LogP contribution in [-0.2, 0) is 16.7 Å². The van der Waals surface area contributed by atoms with Crippen molar-refractivity contribution in [3.8, 4) is 5.75 Å². The second-order valence-electron chi connectivity index (χ2n) is 7.26. The van der Waals surface area contributed by atoms with Crippen LogP contribution in [0.1, 0.15) is 30.9 Å². The Morgan fingerprint density at radius 3 is 2.66 bits per heavy atom. The Labute approximate surface area is 172 Å². The first-order valence-corrected chi connectivity index (χ1v) is 10.1. The van der Waals surface area contributed by atoms with Crippen LogP contribution in [0, 0.1) is 5.82 Å². The zero-order valence-corrected chi connectivity index (χ0v) is 17.2. The first-order valence-electron chi connectivity index (χ1n) is 10.1. The highest BCUT2D eigenvalue weighted by molar-refractivity contribution is 5.80. The highest BCUT2D eigenvalue weighted by Crippen LogP contribution is 2.34. The van der Waals surface area contributed by atoms with E-state index in [1.54, 1.807) is 19.2 Å². The van der Waals surface area contributed by atoms with Gasteiger partial charge in [-0.3, -0.25) is 0 Å². The Kier molecular flexibility index (Phi) is 7.47. The molecular weight excluding hydrogens is 369 g/mol. The minimum atomic E-state index is -0.204. The summed E-state index contributed by atoms with van der Waals surface area (Å²) in [5, 5.41) is 6.78. The summed E-state index contributed by atoms with van der Waals surface area (Å²) in [6.07, 6.45) is 1.69. The SMILES string of the molecule is CCNC(=NCc1ccccc1OC)NCC1(c2cccc(F)c2)CCOCC1. The summed E-state index contributed by atoms with van der Waals surface area (Å²) in [5.41, 5.74) is 1.85. The van der Waals surface area contributed by atoms with Crippen LogP contribution >= 0.6 is 0 Å². The van der Waals surface area contributed by atoms with Crippen molar-refractivity contribution in [2.24, 2.45) is 4.99 Å². The molecule has 1 fully saturated rings. The van der Waals surface area contributed by atoms with Crippen LogP contribution < -0.4 is 15.4 Å². The number of guanidine groups is 1. The van der Waals surface area contributed by atoms with Crippen LogP contribution in [0.25, 0.3) is 0 Å². The van der Waals surface area contributed by atoms with Crippen molar-refractivity contribution in [3.63, 3.8) is 0 Å². The molecule has 2 N–H and O–H groups in total. The summed E-state index contributed by atoms with van der Waals surface area (Å²) in [5.74, 6) is 1.36. The summed E-state index contributed by atoms with van der Waals surface area (Å²) >= 11 is 0. The average Bonchev–Trinajstić information content (AvgIpc) is 2.76. The van der Waals surface area contributed by atoms with Gasteiger partial charge in [0.05, 0.1) is 13.7 Å². The van der Waals surface area contributed by atoms with Gasteiger partial charge < -0.3 is 20.1 Å². The van der Waals surface area contributed by atoms with E-state index in [0.29, 0.717) is 26.3 Å². The molecular formula is C23H30FN3O2. The van der Waals surface area contributed by atoms with E-state index in [9.17, 15) is 4.39 Å². The number of para-hydroxylation sites is 1. The molecule has 1 heterocycles. The highest BCUT2D eigenvalue weighted by atomic mass is 19.1. The molecule has 0 amide bonds. The summed E-state index contributed by atoms with van der Waals surface area (Å²) in [4.78, 5) is 4.73. The Balaban J connectivity index is 1.76. The molecule has 0 radical (unpaired) electrons. The number of rotatable bonds is 7. The summed E-state index contributed by atoms with van der Waals surface area (Å²) in [7, 11) is 1.67. The molecule has 0 bridgehead atoms. The fourth-order valence-electron chi connectivity index (χ4n) is 3.74. The Hall–Kier alpha value is -2.60. The fourth-order valence-corrected chi connectivity index (χ4v) is 3.74. The van der Waals surface area contributed by atoms with Gasteiger partial charge in [-0.15, -0.1) is 0 Å². The zero-order valence-electron chi connectivity index (χ0n) is 17.2. The van der Waals surface area contributed by atoms with Crippen LogP contribution in [0.3, 0.4) is 0 Å². The van der Waals surface area contributed by atoms with E-state index >= 15 is 0 Å². The molecule has 1 saturated heterocycles. The van der Waals surface area contributed by atoms with Crippen LogP contribution in [0.2, 0.25) is 0 Å². The van der Waals surface area contributed by atoms with Crippen molar-refractivity contribution in [3.05, 3.63) is 65.5 Å². The van der Waals surface area contributed by atoms with Gasteiger partial charge in [0.2, 0.25) is 0 Å². The number of nitrogens with one attached hydrogen (secondary N) is 2. The predicted molar refractivity (Wildman–Crippen MR) is 114 cm³/mol. The molecule has 2 aromatic carbocycles. The largest absolute Gasteiger partial charge is 0.496 e. The molecule has 0 unspecified atom stereocenters. The molecule has 0 spiro atoms. The number of halogens is 1. The molecule has 3 rings (SSSR count). The number of ether oxygens (including phenoxy) is 2. The molecule has 0 atom stereocenters. The number of hydrogen-bond donors (Lipinski definition) is 2. The van der Waals surface area contributed by atoms with Crippen molar-refractivity contribution in [1.82, 2.24) is 10.6 Å². The summed E-state index contributed by atoms with van der Waals surface area (Å²) < 4.78 is 24.9. The Morgan fingerprint density at radius 2 is 1.93 bits per heavy atom. The molecule has 0 aromatic heterocycles. The van der Waals surface area contributed by atoms with Gasteiger partial charge in [0.25, 0.3) is 0 Å². The van der Waals surface area contributed by atoms with E-state index in [1.165, 1.54) is 6.07 Å². The molecule has 6 heteroatoms. The summed E-state index contributed by atoms with van der Waals surface area (Å²) in [6, 6.07) is 14.8. The van der Waals surface area contributed by atoms with Gasteiger partial charge in [-0.05, 0) is 43.5 Å². The molecule has 156 valence electrons. The van der Waals surface area contributed by atoms with Gasteiger partial charge in [0, 0.05) is 37.3 Å². The highest BCUT2D eigenvalue weighted by Gasteiger charge is 2.35. The van der Waals surface area contributed by atoms with Crippen molar-refractivity contribution in [2.45, 2.75) is 31.7 Å².